The summed E-state index contributed by atoms with van der Waals surface area (Å²) >= 11 is 0. The highest BCUT2D eigenvalue weighted by atomic mass is 16.6. The van der Waals surface area contributed by atoms with Gasteiger partial charge in [0.2, 0.25) is 0 Å². The highest BCUT2D eigenvalue weighted by Crippen LogP contribution is 2.16. The molecule has 19 heavy (non-hydrogen) atoms. The summed E-state index contributed by atoms with van der Waals surface area (Å²) in [7, 11) is 0. The van der Waals surface area contributed by atoms with Gasteiger partial charge in [0, 0.05) is 18.8 Å². The Balaban J connectivity index is 2.79. The van der Waals surface area contributed by atoms with E-state index in [0.29, 0.717) is 13.1 Å². The van der Waals surface area contributed by atoms with E-state index in [1.807, 2.05) is 52.8 Å². The van der Waals surface area contributed by atoms with E-state index >= 15 is 0 Å². The van der Waals surface area contributed by atoms with Crippen molar-refractivity contribution in [3.8, 4) is 0 Å². The number of rotatable bonds is 3. The van der Waals surface area contributed by atoms with Crippen LogP contribution in [0, 0.1) is 6.92 Å². The van der Waals surface area contributed by atoms with E-state index in [1.54, 1.807) is 4.90 Å². The summed E-state index contributed by atoms with van der Waals surface area (Å²) in [5.41, 5.74) is 8.17. The Bertz CT molecular complexity index is 430. The fourth-order valence-electron chi connectivity index (χ4n) is 1.84. The van der Waals surface area contributed by atoms with Crippen LogP contribution in [-0.4, -0.2) is 23.1 Å². The van der Waals surface area contributed by atoms with Crippen LogP contribution < -0.4 is 5.73 Å². The normalized spacial score (nSPS) is 11.2. The van der Waals surface area contributed by atoms with Crippen LogP contribution in [0.1, 0.15) is 38.8 Å². The smallest absolute Gasteiger partial charge is 0.410 e. The first kappa shape index (κ1) is 15.3. The van der Waals surface area contributed by atoms with Crippen LogP contribution in [0.15, 0.2) is 18.2 Å². The first-order valence-electron chi connectivity index (χ1n) is 6.55. The fraction of sp³-hybridized carbons (Fsp3) is 0.533. The van der Waals surface area contributed by atoms with E-state index in [0.717, 1.165) is 16.8 Å². The molecule has 0 spiro atoms. The largest absolute Gasteiger partial charge is 0.444 e. The molecule has 0 aliphatic heterocycles. The van der Waals surface area contributed by atoms with Crippen LogP contribution in [0.4, 0.5) is 10.5 Å². The molecule has 2 N–H and O–H groups in total. The average molecular weight is 264 g/mol. The molecule has 0 fully saturated rings. The first-order chi connectivity index (χ1) is 8.71. The van der Waals surface area contributed by atoms with Crippen molar-refractivity contribution in [3.05, 3.63) is 29.3 Å². The molecule has 4 nitrogen and oxygen atoms in total. The maximum atomic E-state index is 12.0. The van der Waals surface area contributed by atoms with E-state index in [2.05, 4.69) is 0 Å². The summed E-state index contributed by atoms with van der Waals surface area (Å²) in [4.78, 5) is 13.7. The average Bonchev–Trinajstić information content (AvgIpc) is 2.21. The molecule has 0 heterocycles. The molecule has 1 rings (SSSR count). The number of aryl methyl sites for hydroxylation is 1. The van der Waals surface area contributed by atoms with Gasteiger partial charge in [-0.05, 0) is 57.9 Å². The number of nitrogens with two attached hydrogens (primary N) is 1. The number of carbonyl (C=O) groups excluding carboxylic acids is 1. The Morgan fingerprint density at radius 1 is 1.32 bits per heavy atom. The Morgan fingerprint density at radius 2 is 1.95 bits per heavy atom. The molecule has 0 bridgehead atoms. The summed E-state index contributed by atoms with van der Waals surface area (Å²) in [6.07, 6.45) is -0.296. The molecule has 0 aromatic heterocycles. The van der Waals surface area contributed by atoms with Crippen molar-refractivity contribution >= 4 is 11.8 Å². The van der Waals surface area contributed by atoms with Gasteiger partial charge in [-0.15, -0.1) is 0 Å². The number of hydrogen-bond acceptors (Lipinski definition) is 3. The van der Waals surface area contributed by atoms with E-state index in [1.165, 1.54) is 0 Å². The predicted molar refractivity (Wildman–Crippen MR) is 77.9 cm³/mol. The molecular formula is C15H24N2O2. The highest BCUT2D eigenvalue weighted by Gasteiger charge is 2.21. The lowest BCUT2D eigenvalue weighted by atomic mass is 10.1. The molecule has 0 saturated carbocycles. The van der Waals surface area contributed by atoms with Gasteiger partial charge in [0.1, 0.15) is 5.60 Å². The minimum Gasteiger partial charge on any atom is -0.444 e. The second-order valence-corrected chi connectivity index (χ2v) is 5.75. The van der Waals surface area contributed by atoms with Gasteiger partial charge in [-0.2, -0.15) is 0 Å². The van der Waals surface area contributed by atoms with Gasteiger partial charge in [0.25, 0.3) is 0 Å². The molecule has 0 unspecified atom stereocenters. The number of amides is 1. The molecule has 0 atom stereocenters. The molecule has 0 aliphatic rings. The lowest BCUT2D eigenvalue weighted by Crippen LogP contribution is -2.36. The van der Waals surface area contributed by atoms with Crippen molar-refractivity contribution in [1.29, 1.82) is 0 Å². The molecule has 4 heteroatoms. The van der Waals surface area contributed by atoms with E-state index in [9.17, 15) is 4.79 Å². The summed E-state index contributed by atoms with van der Waals surface area (Å²) < 4.78 is 5.38. The second kappa shape index (κ2) is 5.95. The number of ether oxygens (including phenoxy) is 1. The van der Waals surface area contributed by atoms with E-state index in [-0.39, 0.29) is 6.09 Å². The number of benzene rings is 1. The van der Waals surface area contributed by atoms with Crippen molar-refractivity contribution in [3.63, 3.8) is 0 Å². The Hall–Kier alpha value is -1.71. The Labute approximate surface area is 115 Å². The maximum absolute atomic E-state index is 12.0. The third-order valence-corrected chi connectivity index (χ3v) is 2.57. The van der Waals surface area contributed by atoms with Gasteiger partial charge >= 0.3 is 6.09 Å². The van der Waals surface area contributed by atoms with Crippen molar-refractivity contribution in [1.82, 2.24) is 4.90 Å². The summed E-state index contributed by atoms with van der Waals surface area (Å²) in [5.74, 6) is 0. The Morgan fingerprint density at radius 3 is 2.42 bits per heavy atom. The number of nitrogen functional groups attached to an aromatic ring is 1. The monoisotopic (exact) mass is 264 g/mol. The van der Waals surface area contributed by atoms with Crippen molar-refractivity contribution in [2.45, 2.75) is 46.8 Å². The Kier molecular flexibility index (Phi) is 4.81. The third kappa shape index (κ3) is 5.20. The number of hydrogen-bond donors (Lipinski definition) is 1. The van der Waals surface area contributed by atoms with Gasteiger partial charge in [-0.1, -0.05) is 6.07 Å². The molecule has 0 radical (unpaired) electrons. The van der Waals surface area contributed by atoms with Gasteiger partial charge in [-0.3, -0.25) is 0 Å². The van der Waals surface area contributed by atoms with Crippen LogP contribution in [0.25, 0.3) is 0 Å². The molecule has 0 aliphatic carbocycles. The maximum Gasteiger partial charge on any atom is 0.410 e. The number of nitrogens with zero attached hydrogens (tertiary/aromatic N) is 1. The first-order valence-corrected chi connectivity index (χ1v) is 6.55. The lowest BCUT2D eigenvalue weighted by molar-refractivity contribution is 0.0244. The second-order valence-electron chi connectivity index (χ2n) is 5.75. The summed E-state index contributed by atoms with van der Waals surface area (Å²) in [6.45, 7) is 10.6. The van der Waals surface area contributed by atoms with Gasteiger partial charge in [0.15, 0.2) is 0 Å². The number of carbonyl (C=O) groups is 1. The molecule has 1 amide bonds. The standard InChI is InChI=1S/C15H24N2O2/c1-6-17(14(18)19-15(3,4)5)10-12-7-11(2)8-13(16)9-12/h7-9H,6,10,16H2,1-5H3. The minimum absolute atomic E-state index is 0.296. The fourth-order valence-corrected chi connectivity index (χ4v) is 1.84. The topological polar surface area (TPSA) is 55.6 Å². The lowest BCUT2D eigenvalue weighted by Gasteiger charge is -2.26. The number of anilines is 1. The zero-order valence-corrected chi connectivity index (χ0v) is 12.5. The molecular weight excluding hydrogens is 240 g/mol. The summed E-state index contributed by atoms with van der Waals surface area (Å²) in [5, 5.41) is 0. The molecule has 1 aromatic carbocycles. The van der Waals surface area contributed by atoms with Crippen molar-refractivity contribution in [2.75, 3.05) is 12.3 Å². The molecule has 0 saturated heterocycles. The highest BCUT2D eigenvalue weighted by molar-refractivity contribution is 5.68. The van der Waals surface area contributed by atoms with Crippen molar-refractivity contribution < 1.29 is 9.53 Å². The third-order valence-electron chi connectivity index (χ3n) is 2.57. The van der Waals surface area contributed by atoms with Gasteiger partial charge in [0.05, 0.1) is 0 Å². The van der Waals surface area contributed by atoms with Crippen LogP contribution in [0.5, 0.6) is 0 Å². The van der Waals surface area contributed by atoms with E-state index < -0.39 is 5.60 Å². The van der Waals surface area contributed by atoms with Crippen LogP contribution in [0.3, 0.4) is 0 Å². The van der Waals surface area contributed by atoms with Gasteiger partial charge in [-0.25, -0.2) is 4.79 Å². The SMILES string of the molecule is CCN(Cc1cc(C)cc(N)c1)C(=O)OC(C)(C)C. The van der Waals surface area contributed by atoms with Crippen LogP contribution >= 0.6 is 0 Å². The summed E-state index contributed by atoms with van der Waals surface area (Å²) in [6, 6.07) is 5.83. The zero-order chi connectivity index (χ0) is 14.6. The minimum atomic E-state index is -0.476. The molecule has 1 aromatic rings. The van der Waals surface area contributed by atoms with Crippen molar-refractivity contribution in [2.24, 2.45) is 0 Å². The predicted octanol–water partition coefficient (Wildman–Crippen LogP) is 3.33. The zero-order valence-electron chi connectivity index (χ0n) is 12.5. The van der Waals surface area contributed by atoms with Gasteiger partial charge < -0.3 is 15.4 Å². The molecule has 106 valence electrons. The van der Waals surface area contributed by atoms with Crippen LogP contribution in [-0.2, 0) is 11.3 Å². The van der Waals surface area contributed by atoms with E-state index in [4.69, 9.17) is 10.5 Å². The quantitative estimate of drug-likeness (QED) is 0.852. The van der Waals surface area contributed by atoms with Crippen LogP contribution in [0.2, 0.25) is 0 Å².